The second kappa shape index (κ2) is 3.56. The zero-order valence-electron chi connectivity index (χ0n) is 7.13. The SMILES string of the molecule is CN(C)/C=C1\CCC[CH]C1=O. The first-order valence-electron chi connectivity index (χ1n) is 3.95. The molecule has 1 fully saturated rings. The van der Waals surface area contributed by atoms with Crippen LogP contribution in [0.3, 0.4) is 0 Å². The first-order valence-corrected chi connectivity index (χ1v) is 3.95. The molecule has 0 N–H and O–H groups in total. The van der Waals surface area contributed by atoms with Crippen LogP contribution in [0.4, 0.5) is 0 Å². The van der Waals surface area contributed by atoms with Gasteiger partial charge in [-0.2, -0.15) is 0 Å². The number of hydrogen-bond acceptors (Lipinski definition) is 2. The van der Waals surface area contributed by atoms with Crippen molar-refractivity contribution in [3.8, 4) is 0 Å². The Morgan fingerprint density at radius 2 is 2.27 bits per heavy atom. The molecule has 1 rings (SSSR count). The predicted molar refractivity (Wildman–Crippen MR) is 44.9 cm³/mol. The standard InChI is InChI=1S/C9H14NO/c1-10(2)7-8-5-3-4-6-9(8)11/h6-7H,3-5H2,1-2H3/b8-7+. The Labute approximate surface area is 67.9 Å². The molecule has 2 heteroatoms. The van der Waals surface area contributed by atoms with Crippen LogP contribution in [0.25, 0.3) is 0 Å². The van der Waals surface area contributed by atoms with E-state index in [1.165, 1.54) is 0 Å². The van der Waals surface area contributed by atoms with Crippen LogP contribution in [0.5, 0.6) is 0 Å². The van der Waals surface area contributed by atoms with E-state index in [1.54, 1.807) is 6.42 Å². The maximum Gasteiger partial charge on any atom is 0.164 e. The van der Waals surface area contributed by atoms with Crippen LogP contribution in [0.15, 0.2) is 11.8 Å². The van der Waals surface area contributed by atoms with Gasteiger partial charge in [-0.15, -0.1) is 0 Å². The highest BCUT2D eigenvalue weighted by molar-refractivity contribution is 6.02. The maximum absolute atomic E-state index is 11.2. The number of allylic oxidation sites excluding steroid dienone is 1. The molecule has 0 aromatic rings. The third-order valence-corrected chi connectivity index (χ3v) is 1.71. The van der Waals surface area contributed by atoms with E-state index in [1.807, 2.05) is 25.2 Å². The molecular weight excluding hydrogens is 138 g/mol. The van der Waals surface area contributed by atoms with Crippen molar-refractivity contribution < 1.29 is 4.79 Å². The second-order valence-electron chi connectivity index (χ2n) is 3.08. The van der Waals surface area contributed by atoms with Crippen LogP contribution in [0, 0.1) is 6.42 Å². The lowest BCUT2D eigenvalue weighted by Crippen LogP contribution is -2.13. The molecule has 1 saturated carbocycles. The van der Waals surface area contributed by atoms with Crippen LogP contribution in [-0.2, 0) is 4.79 Å². The maximum atomic E-state index is 11.2. The molecule has 1 aliphatic carbocycles. The number of nitrogens with zero attached hydrogens (tertiary/aromatic N) is 1. The van der Waals surface area contributed by atoms with E-state index in [2.05, 4.69) is 0 Å². The zero-order chi connectivity index (χ0) is 8.27. The van der Waals surface area contributed by atoms with Crippen LogP contribution in [0.2, 0.25) is 0 Å². The van der Waals surface area contributed by atoms with Gasteiger partial charge in [0.25, 0.3) is 0 Å². The Bertz CT molecular complexity index is 182. The molecule has 2 nitrogen and oxygen atoms in total. The number of hydrogen-bond donors (Lipinski definition) is 0. The van der Waals surface area contributed by atoms with Crippen molar-refractivity contribution >= 4 is 5.78 Å². The van der Waals surface area contributed by atoms with E-state index in [0.717, 1.165) is 24.8 Å². The van der Waals surface area contributed by atoms with Crippen LogP contribution < -0.4 is 0 Å². The van der Waals surface area contributed by atoms with Crippen molar-refractivity contribution in [3.05, 3.63) is 18.2 Å². The molecule has 0 bridgehead atoms. The van der Waals surface area contributed by atoms with Gasteiger partial charge in [0.05, 0.1) is 0 Å². The summed E-state index contributed by atoms with van der Waals surface area (Å²) in [6.45, 7) is 0. The van der Waals surface area contributed by atoms with Crippen molar-refractivity contribution in [2.45, 2.75) is 19.3 Å². The van der Waals surface area contributed by atoms with E-state index < -0.39 is 0 Å². The topological polar surface area (TPSA) is 20.3 Å². The van der Waals surface area contributed by atoms with Crippen molar-refractivity contribution in [2.75, 3.05) is 14.1 Å². The third-order valence-electron chi connectivity index (χ3n) is 1.71. The predicted octanol–water partition coefficient (Wildman–Crippen LogP) is 1.39. The van der Waals surface area contributed by atoms with Gasteiger partial charge in [-0.3, -0.25) is 4.79 Å². The smallest absolute Gasteiger partial charge is 0.164 e. The summed E-state index contributed by atoms with van der Waals surface area (Å²) in [5.41, 5.74) is 0.946. The molecule has 0 heterocycles. The number of Topliss-reactive ketones (excluding diaryl/α,β-unsaturated/α-hetero) is 1. The van der Waals surface area contributed by atoms with Crippen molar-refractivity contribution in [2.24, 2.45) is 0 Å². The van der Waals surface area contributed by atoms with E-state index in [0.29, 0.717) is 0 Å². The van der Waals surface area contributed by atoms with Gasteiger partial charge in [0, 0.05) is 32.3 Å². The van der Waals surface area contributed by atoms with Gasteiger partial charge in [-0.05, 0) is 19.3 Å². The summed E-state index contributed by atoms with van der Waals surface area (Å²) in [5, 5.41) is 0. The molecule has 11 heavy (non-hydrogen) atoms. The summed E-state index contributed by atoms with van der Waals surface area (Å²) >= 11 is 0. The minimum Gasteiger partial charge on any atom is -0.383 e. The second-order valence-corrected chi connectivity index (χ2v) is 3.08. The summed E-state index contributed by atoms with van der Waals surface area (Å²) in [4.78, 5) is 13.1. The fourth-order valence-electron chi connectivity index (χ4n) is 1.22. The van der Waals surface area contributed by atoms with Gasteiger partial charge in [0.15, 0.2) is 5.78 Å². The molecule has 0 atom stereocenters. The highest BCUT2D eigenvalue weighted by Gasteiger charge is 2.14. The molecule has 0 amide bonds. The van der Waals surface area contributed by atoms with Crippen molar-refractivity contribution in [3.63, 3.8) is 0 Å². The molecule has 0 aromatic carbocycles. The Morgan fingerprint density at radius 1 is 1.55 bits per heavy atom. The summed E-state index contributed by atoms with van der Waals surface area (Å²) in [6, 6.07) is 0. The fourth-order valence-corrected chi connectivity index (χ4v) is 1.22. The lowest BCUT2D eigenvalue weighted by atomic mass is 9.94. The Balaban J connectivity index is 2.61. The molecule has 61 valence electrons. The molecule has 0 unspecified atom stereocenters. The van der Waals surface area contributed by atoms with Gasteiger partial charge < -0.3 is 4.90 Å². The summed E-state index contributed by atoms with van der Waals surface area (Å²) in [6.07, 6.45) is 6.69. The molecule has 0 aromatic heterocycles. The quantitative estimate of drug-likeness (QED) is 0.529. The number of carbonyl (C=O) groups excluding carboxylic acids is 1. The first-order chi connectivity index (χ1) is 5.20. The normalized spacial score (nSPS) is 22.4. The zero-order valence-corrected chi connectivity index (χ0v) is 7.13. The van der Waals surface area contributed by atoms with Gasteiger partial charge >= 0.3 is 0 Å². The van der Waals surface area contributed by atoms with Gasteiger partial charge in [-0.25, -0.2) is 0 Å². The number of carbonyl (C=O) groups is 1. The highest BCUT2D eigenvalue weighted by atomic mass is 16.1. The monoisotopic (exact) mass is 152 g/mol. The lowest BCUT2D eigenvalue weighted by Gasteiger charge is -2.14. The third kappa shape index (κ3) is 2.37. The Morgan fingerprint density at radius 3 is 2.82 bits per heavy atom. The lowest BCUT2D eigenvalue weighted by molar-refractivity contribution is -0.113. The van der Waals surface area contributed by atoms with Gasteiger partial charge in [0.1, 0.15) is 0 Å². The molecule has 1 radical (unpaired) electrons. The largest absolute Gasteiger partial charge is 0.383 e. The van der Waals surface area contributed by atoms with Crippen LogP contribution in [-0.4, -0.2) is 24.8 Å². The summed E-state index contributed by atoms with van der Waals surface area (Å²) in [7, 11) is 3.88. The molecular formula is C9H14NO. The van der Waals surface area contributed by atoms with E-state index in [9.17, 15) is 4.79 Å². The fraction of sp³-hybridized carbons (Fsp3) is 0.556. The van der Waals surface area contributed by atoms with Crippen LogP contribution >= 0.6 is 0 Å². The van der Waals surface area contributed by atoms with E-state index in [4.69, 9.17) is 0 Å². The van der Waals surface area contributed by atoms with E-state index in [-0.39, 0.29) is 5.78 Å². The summed E-state index contributed by atoms with van der Waals surface area (Å²) < 4.78 is 0. The van der Waals surface area contributed by atoms with Crippen LogP contribution in [0.1, 0.15) is 19.3 Å². The Kier molecular flexibility index (Phi) is 2.69. The Hall–Kier alpha value is -0.790. The van der Waals surface area contributed by atoms with Crippen molar-refractivity contribution in [1.29, 1.82) is 0 Å². The van der Waals surface area contributed by atoms with Gasteiger partial charge in [0.2, 0.25) is 0 Å². The molecule has 0 saturated heterocycles. The number of rotatable bonds is 1. The molecule has 0 aliphatic heterocycles. The van der Waals surface area contributed by atoms with Gasteiger partial charge in [-0.1, -0.05) is 0 Å². The highest BCUT2D eigenvalue weighted by Crippen LogP contribution is 2.18. The molecule has 0 spiro atoms. The van der Waals surface area contributed by atoms with E-state index >= 15 is 0 Å². The number of ketones is 1. The minimum atomic E-state index is 0.213. The summed E-state index contributed by atoms with van der Waals surface area (Å²) in [5.74, 6) is 0.213. The average molecular weight is 152 g/mol. The minimum absolute atomic E-state index is 0.213. The average Bonchev–Trinajstić information content (AvgIpc) is 1.93. The molecule has 1 aliphatic rings. The van der Waals surface area contributed by atoms with Crippen molar-refractivity contribution in [1.82, 2.24) is 4.90 Å². The first kappa shape index (κ1) is 8.31.